The SMILES string of the molecule is CS(=O)(=O)N(CC(=O)Nc1ccccc1C(=O)NCc1ccccc1)c1ccc(OCc2ccccc2)cc1. The van der Waals surface area contributed by atoms with Crippen LogP contribution >= 0.6 is 0 Å². The van der Waals surface area contributed by atoms with Crippen LogP contribution in [0.1, 0.15) is 21.5 Å². The van der Waals surface area contributed by atoms with Crippen LogP contribution in [0.3, 0.4) is 0 Å². The van der Waals surface area contributed by atoms with E-state index in [4.69, 9.17) is 4.74 Å². The van der Waals surface area contributed by atoms with Gasteiger partial charge in [-0.1, -0.05) is 72.8 Å². The first-order chi connectivity index (χ1) is 18.8. The molecule has 8 nitrogen and oxygen atoms in total. The van der Waals surface area contributed by atoms with E-state index in [0.29, 0.717) is 24.6 Å². The summed E-state index contributed by atoms with van der Waals surface area (Å²) >= 11 is 0. The van der Waals surface area contributed by atoms with Crippen molar-refractivity contribution >= 4 is 33.2 Å². The number of carbonyl (C=O) groups is 2. The molecular weight excluding hydrogens is 514 g/mol. The fourth-order valence-electron chi connectivity index (χ4n) is 3.83. The van der Waals surface area contributed by atoms with Gasteiger partial charge in [-0.3, -0.25) is 13.9 Å². The van der Waals surface area contributed by atoms with Gasteiger partial charge in [-0.25, -0.2) is 8.42 Å². The number of hydrogen-bond donors (Lipinski definition) is 2. The lowest BCUT2D eigenvalue weighted by Crippen LogP contribution is -2.37. The van der Waals surface area contributed by atoms with Crippen LogP contribution in [-0.4, -0.2) is 33.0 Å². The Kier molecular flexibility index (Phi) is 8.96. The van der Waals surface area contributed by atoms with Crippen molar-refractivity contribution in [2.45, 2.75) is 13.2 Å². The molecule has 0 aliphatic heterocycles. The van der Waals surface area contributed by atoms with Gasteiger partial charge in [0.05, 0.1) is 23.2 Å². The van der Waals surface area contributed by atoms with E-state index in [9.17, 15) is 18.0 Å². The Morgan fingerprint density at radius 3 is 2.00 bits per heavy atom. The minimum atomic E-state index is -3.79. The van der Waals surface area contributed by atoms with E-state index < -0.39 is 22.5 Å². The van der Waals surface area contributed by atoms with Crippen molar-refractivity contribution in [3.63, 3.8) is 0 Å². The maximum absolute atomic E-state index is 12.9. The monoisotopic (exact) mass is 543 g/mol. The highest BCUT2D eigenvalue weighted by Gasteiger charge is 2.22. The predicted octanol–water partition coefficient (Wildman–Crippen LogP) is 4.60. The lowest BCUT2D eigenvalue weighted by molar-refractivity contribution is -0.114. The van der Waals surface area contributed by atoms with Crippen molar-refractivity contribution in [1.29, 1.82) is 0 Å². The number of rotatable bonds is 11. The van der Waals surface area contributed by atoms with Crippen molar-refractivity contribution in [3.8, 4) is 5.75 Å². The highest BCUT2D eigenvalue weighted by Crippen LogP contribution is 2.23. The molecule has 200 valence electrons. The van der Waals surface area contributed by atoms with Gasteiger partial charge in [-0.05, 0) is 47.5 Å². The number of para-hydroxylation sites is 1. The van der Waals surface area contributed by atoms with E-state index in [0.717, 1.165) is 21.7 Å². The molecule has 4 aromatic rings. The van der Waals surface area contributed by atoms with Crippen molar-refractivity contribution in [2.75, 3.05) is 22.4 Å². The van der Waals surface area contributed by atoms with E-state index in [1.165, 1.54) is 0 Å². The first-order valence-corrected chi connectivity index (χ1v) is 14.1. The third-order valence-electron chi connectivity index (χ3n) is 5.80. The largest absolute Gasteiger partial charge is 0.489 e. The van der Waals surface area contributed by atoms with E-state index >= 15 is 0 Å². The number of nitrogens with zero attached hydrogens (tertiary/aromatic N) is 1. The number of ether oxygens (including phenoxy) is 1. The molecule has 0 aliphatic carbocycles. The Hall–Kier alpha value is -4.63. The van der Waals surface area contributed by atoms with Crippen molar-refractivity contribution in [1.82, 2.24) is 5.32 Å². The van der Waals surface area contributed by atoms with Crippen LogP contribution < -0.4 is 19.7 Å². The average molecular weight is 544 g/mol. The summed E-state index contributed by atoms with van der Waals surface area (Å²) < 4.78 is 31.9. The number of anilines is 2. The van der Waals surface area contributed by atoms with Crippen LogP contribution in [0.2, 0.25) is 0 Å². The molecule has 2 amide bonds. The normalized spacial score (nSPS) is 10.9. The van der Waals surface area contributed by atoms with Crippen LogP contribution in [0.5, 0.6) is 5.75 Å². The van der Waals surface area contributed by atoms with Crippen molar-refractivity contribution in [3.05, 3.63) is 126 Å². The fourth-order valence-corrected chi connectivity index (χ4v) is 4.69. The van der Waals surface area contributed by atoms with Crippen LogP contribution in [0.25, 0.3) is 0 Å². The zero-order valence-electron chi connectivity index (χ0n) is 21.4. The summed E-state index contributed by atoms with van der Waals surface area (Å²) in [5.41, 5.74) is 2.81. The number of amides is 2. The Balaban J connectivity index is 1.41. The molecule has 0 bridgehead atoms. The molecule has 0 radical (unpaired) electrons. The van der Waals surface area contributed by atoms with Gasteiger partial charge in [0.1, 0.15) is 18.9 Å². The highest BCUT2D eigenvalue weighted by atomic mass is 32.2. The Morgan fingerprint density at radius 2 is 1.36 bits per heavy atom. The number of carbonyl (C=O) groups excluding carboxylic acids is 2. The van der Waals surface area contributed by atoms with Gasteiger partial charge >= 0.3 is 0 Å². The first kappa shape index (κ1) is 27.4. The molecule has 0 saturated carbocycles. The first-order valence-electron chi connectivity index (χ1n) is 12.2. The molecule has 0 aliphatic rings. The fraction of sp³-hybridized carbons (Fsp3) is 0.133. The van der Waals surface area contributed by atoms with Crippen LogP contribution in [-0.2, 0) is 28.0 Å². The molecule has 9 heteroatoms. The lowest BCUT2D eigenvalue weighted by Gasteiger charge is -2.22. The molecule has 0 atom stereocenters. The highest BCUT2D eigenvalue weighted by molar-refractivity contribution is 7.92. The van der Waals surface area contributed by atoms with E-state index in [2.05, 4.69) is 10.6 Å². The standard InChI is InChI=1S/C30H29N3O5S/c1-39(36,37)33(25-16-18-26(19-17-25)38-22-24-12-6-3-7-13-24)21-29(34)32-28-15-9-8-14-27(28)30(35)31-20-23-10-4-2-5-11-23/h2-19H,20-22H2,1H3,(H,31,35)(H,32,34). The Labute approximate surface area is 228 Å². The maximum atomic E-state index is 12.9. The van der Waals surface area contributed by atoms with E-state index in [1.54, 1.807) is 48.5 Å². The van der Waals surface area contributed by atoms with Crippen LogP contribution in [0.15, 0.2) is 109 Å². The molecule has 0 unspecified atom stereocenters. The van der Waals surface area contributed by atoms with Crippen LogP contribution in [0.4, 0.5) is 11.4 Å². The second-order valence-corrected chi connectivity index (χ2v) is 10.7. The molecule has 39 heavy (non-hydrogen) atoms. The third kappa shape index (κ3) is 7.93. The Morgan fingerprint density at radius 1 is 0.769 bits per heavy atom. The minimum absolute atomic E-state index is 0.271. The van der Waals surface area contributed by atoms with Gasteiger partial charge in [-0.2, -0.15) is 0 Å². The predicted molar refractivity (Wildman–Crippen MR) is 152 cm³/mol. The topological polar surface area (TPSA) is 105 Å². The van der Waals surface area contributed by atoms with Crippen molar-refractivity contribution < 1.29 is 22.7 Å². The molecule has 0 heterocycles. The number of hydrogen-bond acceptors (Lipinski definition) is 5. The molecule has 0 aromatic heterocycles. The maximum Gasteiger partial charge on any atom is 0.253 e. The van der Waals surface area contributed by atoms with Gasteiger partial charge in [0.2, 0.25) is 15.9 Å². The molecule has 0 spiro atoms. The summed E-state index contributed by atoms with van der Waals surface area (Å²) in [7, 11) is -3.79. The molecule has 2 N–H and O–H groups in total. The molecule has 4 aromatic carbocycles. The van der Waals surface area contributed by atoms with Gasteiger partial charge in [0, 0.05) is 6.54 Å². The van der Waals surface area contributed by atoms with Gasteiger partial charge in [0.15, 0.2) is 0 Å². The van der Waals surface area contributed by atoms with E-state index in [1.807, 2.05) is 60.7 Å². The van der Waals surface area contributed by atoms with E-state index in [-0.39, 0.29) is 17.2 Å². The summed E-state index contributed by atoms with van der Waals surface area (Å²) in [6.07, 6.45) is 1.03. The zero-order valence-corrected chi connectivity index (χ0v) is 22.2. The quantitative estimate of drug-likeness (QED) is 0.288. The van der Waals surface area contributed by atoms with Gasteiger partial charge in [-0.15, -0.1) is 0 Å². The second-order valence-electron chi connectivity index (χ2n) is 8.80. The summed E-state index contributed by atoms with van der Waals surface area (Å²) in [6, 6.07) is 32.2. The smallest absolute Gasteiger partial charge is 0.253 e. The van der Waals surface area contributed by atoms with Crippen LogP contribution in [0, 0.1) is 0 Å². The number of nitrogens with one attached hydrogen (secondary N) is 2. The summed E-state index contributed by atoms with van der Waals surface area (Å²) in [5.74, 6) is -0.384. The molecule has 4 rings (SSSR count). The Bertz CT molecular complexity index is 1510. The summed E-state index contributed by atoms with van der Waals surface area (Å²) in [6.45, 7) is 0.231. The number of benzene rings is 4. The average Bonchev–Trinajstić information content (AvgIpc) is 2.95. The minimum Gasteiger partial charge on any atom is -0.489 e. The molecule has 0 fully saturated rings. The third-order valence-corrected chi connectivity index (χ3v) is 6.94. The second kappa shape index (κ2) is 12.7. The summed E-state index contributed by atoms with van der Waals surface area (Å²) in [4.78, 5) is 25.8. The number of sulfonamides is 1. The van der Waals surface area contributed by atoms with Crippen molar-refractivity contribution in [2.24, 2.45) is 0 Å². The molecule has 0 saturated heterocycles. The van der Waals surface area contributed by atoms with Gasteiger partial charge < -0.3 is 15.4 Å². The summed E-state index contributed by atoms with van der Waals surface area (Å²) in [5, 5.41) is 5.52. The molecular formula is C30H29N3O5S. The van der Waals surface area contributed by atoms with Gasteiger partial charge in [0.25, 0.3) is 5.91 Å². The zero-order chi connectivity index (χ0) is 27.7. The lowest BCUT2D eigenvalue weighted by atomic mass is 10.1.